The van der Waals surface area contributed by atoms with Crippen molar-refractivity contribution in [3.63, 3.8) is 0 Å². The molecule has 2 aliphatic rings. The number of ether oxygens (including phenoxy) is 1. The van der Waals surface area contributed by atoms with Crippen molar-refractivity contribution in [2.45, 2.75) is 38.5 Å². The van der Waals surface area contributed by atoms with Crippen molar-refractivity contribution in [3.05, 3.63) is 5.82 Å². The zero-order chi connectivity index (χ0) is 16.9. The molecule has 7 nitrogen and oxygen atoms in total. The first-order valence-corrected chi connectivity index (χ1v) is 9.00. The lowest BCUT2D eigenvalue weighted by atomic mass is 9.90. The topological polar surface area (TPSA) is 71.7 Å². The molecule has 3 rings (SSSR count). The molecule has 7 heteroatoms. The van der Waals surface area contributed by atoms with Gasteiger partial charge in [0.1, 0.15) is 0 Å². The van der Waals surface area contributed by atoms with Gasteiger partial charge in [-0.1, -0.05) is 5.16 Å². The van der Waals surface area contributed by atoms with Crippen LogP contribution in [0.1, 0.15) is 37.9 Å². The maximum atomic E-state index is 12.5. The van der Waals surface area contributed by atoms with Crippen LogP contribution in [0.15, 0.2) is 4.52 Å². The van der Waals surface area contributed by atoms with Crippen molar-refractivity contribution < 1.29 is 14.1 Å². The van der Waals surface area contributed by atoms with Crippen LogP contribution in [-0.4, -0.2) is 61.3 Å². The van der Waals surface area contributed by atoms with Gasteiger partial charge in [-0.2, -0.15) is 4.98 Å². The molecule has 3 heterocycles. The summed E-state index contributed by atoms with van der Waals surface area (Å²) in [5, 5.41) is 4.02. The summed E-state index contributed by atoms with van der Waals surface area (Å²) < 4.78 is 10.5. The Bertz CT molecular complexity index is 532. The van der Waals surface area contributed by atoms with Crippen LogP contribution in [0.4, 0.5) is 6.01 Å². The molecule has 0 saturated carbocycles. The summed E-state index contributed by atoms with van der Waals surface area (Å²) in [6.45, 7) is 3.23. The van der Waals surface area contributed by atoms with Gasteiger partial charge >= 0.3 is 6.01 Å². The van der Waals surface area contributed by atoms with Crippen molar-refractivity contribution >= 4 is 11.9 Å². The van der Waals surface area contributed by atoms with Crippen molar-refractivity contribution in [1.29, 1.82) is 0 Å². The van der Waals surface area contributed by atoms with E-state index in [1.807, 2.05) is 19.0 Å². The van der Waals surface area contributed by atoms with Crippen LogP contribution in [-0.2, 0) is 16.0 Å². The molecule has 0 aliphatic carbocycles. The molecule has 1 aromatic rings. The fourth-order valence-corrected chi connectivity index (χ4v) is 3.51. The fraction of sp³-hybridized carbons (Fsp3) is 0.824. The quantitative estimate of drug-likeness (QED) is 0.815. The average Bonchev–Trinajstić information content (AvgIpc) is 3.10. The smallest absolute Gasteiger partial charge is 0.323 e. The van der Waals surface area contributed by atoms with Gasteiger partial charge in [0.05, 0.1) is 0 Å². The Morgan fingerprint density at radius 2 is 1.92 bits per heavy atom. The Hall–Kier alpha value is -1.63. The lowest BCUT2D eigenvalue weighted by Gasteiger charge is -2.35. The van der Waals surface area contributed by atoms with Gasteiger partial charge in [0.2, 0.25) is 5.91 Å². The standard InChI is InChI=1S/C17H28N4O3/c1-20(2)17-18-15(19-24-17)4-3-13-5-9-21(10-6-13)16(22)14-7-11-23-12-8-14/h13-14H,3-12H2,1-2H3. The van der Waals surface area contributed by atoms with E-state index < -0.39 is 0 Å². The lowest BCUT2D eigenvalue weighted by Crippen LogP contribution is -2.43. The van der Waals surface area contributed by atoms with Crippen LogP contribution in [0, 0.1) is 11.8 Å². The number of aryl methyl sites for hydroxylation is 1. The SMILES string of the molecule is CN(C)c1nc(CCC2CCN(C(=O)C3CCOCC3)CC2)no1. The van der Waals surface area contributed by atoms with E-state index in [-0.39, 0.29) is 5.92 Å². The minimum absolute atomic E-state index is 0.180. The lowest BCUT2D eigenvalue weighted by molar-refractivity contribution is -0.140. The molecule has 0 spiro atoms. The monoisotopic (exact) mass is 336 g/mol. The summed E-state index contributed by atoms with van der Waals surface area (Å²) in [5.41, 5.74) is 0. The maximum Gasteiger partial charge on any atom is 0.323 e. The number of rotatable bonds is 5. The summed E-state index contributed by atoms with van der Waals surface area (Å²) in [4.78, 5) is 20.8. The third kappa shape index (κ3) is 4.26. The molecule has 1 aromatic heterocycles. The van der Waals surface area contributed by atoms with Crippen molar-refractivity contribution in [1.82, 2.24) is 15.0 Å². The van der Waals surface area contributed by atoms with Gasteiger partial charge in [0, 0.05) is 52.7 Å². The van der Waals surface area contributed by atoms with Crippen molar-refractivity contribution in [2.24, 2.45) is 11.8 Å². The predicted octanol–water partition coefficient (Wildman–Crippen LogP) is 1.73. The van der Waals surface area contributed by atoms with Crippen LogP contribution < -0.4 is 4.90 Å². The number of aromatic nitrogens is 2. The number of amides is 1. The molecule has 0 radical (unpaired) electrons. The minimum atomic E-state index is 0.180. The van der Waals surface area contributed by atoms with E-state index in [9.17, 15) is 4.79 Å². The van der Waals surface area contributed by atoms with Gasteiger partial charge in [0.25, 0.3) is 0 Å². The molecule has 0 unspecified atom stereocenters. The van der Waals surface area contributed by atoms with Crippen LogP contribution in [0.25, 0.3) is 0 Å². The maximum absolute atomic E-state index is 12.5. The van der Waals surface area contributed by atoms with Crippen LogP contribution >= 0.6 is 0 Å². The molecule has 2 saturated heterocycles. The molecule has 24 heavy (non-hydrogen) atoms. The molecular formula is C17H28N4O3. The zero-order valence-corrected chi connectivity index (χ0v) is 14.7. The van der Waals surface area contributed by atoms with Crippen molar-refractivity contribution in [3.8, 4) is 0 Å². The van der Waals surface area contributed by atoms with E-state index in [0.29, 0.717) is 17.8 Å². The van der Waals surface area contributed by atoms with Crippen LogP contribution in [0.3, 0.4) is 0 Å². The number of nitrogens with zero attached hydrogens (tertiary/aromatic N) is 4. The first-order valence-electron chi connectivity index (χ1n) is 9.00. The van der Waals surface area contributed by atoms with Gasteiger partial charge in [-0.3, -0.25) is 4.79 Å². The van der Waals surface area contributed by atoms with Crippen molar-refractivity contribution in [2.75, 3.05) is 45.3 Å². The summed E-state index contributed by atoms with van der Waals surface area (Å²) in [5.74, 6) is 1.94. The van der Waals surface area contributed by atoms with E-state index in [0.717, 1.165) is 70.7 Å². The first-order chi connectivity index (χ1) is 11.6. The summed E-state index contributed by atoms with van der Waals surface area (Å²) in [6, 6.07) is 0.557. The molecule has 2 fully saturated rings. The molecular weight excluding hydrogens is 308 g/mol. The number of carbonyl (C=O) groups excluding carboxylic acids is 1. The fourth-order valence-electron chi connectivity index (χ4n) is 3.51. The van der Waals surface area contributed by atoms with E-state index in [4.69, 9.17) is 9.26 Å². The van der Waals surface area contributed by atoms with Gasteiger partial charge in [-0.25, -0.2) is 0 Å². The number of hydrogen-bond donors (Lipinski definition) is 0. The summed E-state index contributed by atoms with van der Waals surface area (Å²) >= 11 is 0. The number of hydrogen-bond acceptors (Lipinski definition) is 6. The highest BCUT2D eigenvalue weighted by Gasteiger charge is 2.29. The van der Waals surface area contributed by atoms with Gasteiger partial charge in [-0.05, 0) is 38.0 Å². The molecule has 0 aromatic carbocycles. The average molecular weight is 336 g/mol. The van der Waals surface area contributed by atoms with E-state index >= 15 is 0 Å². The van der Waals surface area contributed by atoms with Gasteiger partial charge in [0.15, 0.2) is 5.82 Å². The summed E-state index contributed by atoms with van der Waals surface area (Å²) in [6.07, 6.45) is 5.82. The summed E-state index contributed by atoms with van der Waals surface area (Å²) in [7, 11) is 3.78. The second kappa shape index (κ2) is 7.96. The van der Waals surface area contributed by atoms with Gasteiger partial charge in [-0.15, -0.1) is 0 Å². The van der Waals surface area contributed by atoms with Crippen LogP contribution in [0.2, 0.25) is 0 Å². The van der Waals surface area contributed by atoms with Crippen LogP contribution in [0.5, 0.6) is 0 Å². The Morgan fingerprint density at radius 1 is 1.21 bits per heavy atom. The second-order valence-electron chi connectivity index (χ2n) is 7.08. The minimum Gasteiger partial charge on any atom is -0.381 e. The molecule has 0 N–H and O–H groups in total. The molecule has 1 amide bonds. The Balaban J connectivity index is 1.40. The number of carbonyl (C=O) groups is 1. The largest absolute Gasteiger partial charge is 0.381 e. The molecule has 0 bridgehead atoms. The zero-order valence-electron chi connectivity index (χ0n) is 14.7. The number of anilines is 1. The third-order valence-electron chi connectivity index (χ3n) is 5.11. The Labute approximate surface area is 143 Å². The third-order valence-corrected chi connectivity index (χ3v) is 5.11. The molecule has 2 aliphatic heterocycles. The Morgan fingerprint density at radius 3 is 2.54 bits per heavy atom. The normalized spacial score (nSPS) is 20.3. The van der Waals surface area contributed by atoms with Gasteiger partial charge < -0.3 is 19.1 Å². The highest BCUT2D eigenvalue weighted by Crippen LogP contribution is 2.25. The number of piperidine rings is 1. The van der Waals surface area contributed by atoms with E-state index in [1.54, 1.807) is 0 Å². The Kier molecular flexibility index (Phi) is 5.71. The van der Waals surface area contributed by atoms with E-state index in [1.165, 1.54) is 0 Å². The number of likely N-dealkylation sites (tertiary alicyclic amines) is 1. The molecule has 134 valence electrons. The highest BCUT2D eigenvalue weighted by atomic mass is 16.5. The first kappa shape index (κ1) is 17.2. The highest BCUT2D eigenvalue weighted by molar-refractivity contribution is 5.79. The molecule has 0 atom stereocenters. The predicted molar refractivity (Wildman–Crippen MR) is 89.8 cm³/mol. The van der Waals surface area contributed by atoms with E-state index in [2.05, 4.69) is 15.0 Å². The second-order valence-corrected chi connectivity index (χ2v) is 7.08.